The van der Waals surface area contributed by atoms with E-state index in [-0.39, 0.29) is 23.3 Å². The van der Waals surface area contributed by atoms with E-state index in [1.807, 2.05) is 30.3 Å². The number of piperidine rings is 1. The highest BCUT2D eigenvalue weighted by molar-refractivity contribution is 5.92. The van der Waals surface area contributed by atoms with Crippen LogP contribution in [0.15, 0.2) is 41.1 Å². The maximum absolute atomic E-state index is 12.7. The van der Waals surface area contributed by atoms with Gasteiger partial charge in [0.1, 0.15) is 11.4 Å². The number of hydrogen-bond donors (Lipinski definition) is 0. The Morgan fingerprint density at radius 2 is 1.90 bits per heavy atom. The van der Waals surface area contributed by atoms with E-state index in [1.165, 1.54) is 0 Å². The van der Waals surface area contributed by atoms with E-state index >= 15 is 0 Å². The molecule has 1 amide bonds. The maximum atomic E-state index is 12.7. The fourth-order valence-electron chi connectivity index (χ4n) is 3.47. The van der Waals surface area contributed by atoms with Gasteiger partial charge in [0.2, 0.25) is 5.82 Å². The van der Waals surface area contributed by atoms with E-state index in [4.69, 9.17) is 0 Å². The minimum absolute atomic E-state index is 0.0101. The van der Waals surface area contributed by atoms with E-state index in [0.29, 0.717) is 31.6 Å². The third-order valence-electron chi connectivity index (χ3n) is 5.03. The van der Waals surface area contributed by atoms with Crippen LogP contribution in [-0.2, 0) is 13.2 Å². The number of aromatic nitrogens is 4. The zero-order valence-electron chi connectivity index (χ0n) is 15.6. The molecule has 1 saturated heterocycles. The van der Waals surface area contributed by atoms with Crippen LogP contribution in [0.25, 0.3) is 11.5 Å². The van der Waals surface area contributed by atoms with Crippen LogP contribution in [0.3, 0.4) is 0 Å². The van der Waals surface area contributed by atoms with Crippen molar-refractivity contribution in [1.29, 1.82) is 0 Å². The van der Waals surface area contributed by atoms with Gasteiger partial charge >= 0.3 is 12.1 Å². The molecule has 0 aromatic carbocycles. The lowest BCUT2D eigenvalue weighted by Gasteiger charge is -2.32. The molecular weight excluding hydrogens is 387 g/mol. The van der Waals surface area contributed by atoms with Crippen molar-refractivity contribution in [2.45, 2.75) is 24.9 Å². The van der Waals surface area contributed by atoms with Gasteiger partial charge in [0.25, 0.3) is 5.91 Å². The second kappa shape index (κ2) is 7.34. The number of hydrogen-bond acceptors (Lipinski definition) is 5. The molecule has 0 atom stereocenters. The molecule has 29 heavy (non-hydrogen) atoms. The molecule has 3 aromatic heterocycles. The number of likely N-dealkylation sites (tertiary alicyclic amines) is 1. The van der Waals surface area contributed by atoms with Crippen LogP contribution in [0.4, 0.5) is 13.2 Å². The van der Waals surface area contributed by atoms with Crippen molar-refractivity contribution >= 4 is 5.91 Å². The lowest BCUT2D eigenvalue weighted by Crippen LogP contribution is -2.38. The lowest BCUT2D eigenvalue weighted by molar-refractivity contribution is -0.159. The predicted octanol–water partition coefficient (Wildman–Crippen LogP) is 3.51. The fourth-order valence-corrected chi connectivity index (χ4v) is 3.47. The van der Waals surface area contributed by atoms with E-state index in [2.05, 4.69) is 19.6 Å². The van der Waals surface area contributed by atoms with Crippen LogP contribution >= 0.6 is 0 Å². The van der Waals surface area contributed by atoms with Crippen molar-refractivity contribution < 1.29 is 22.5 Å². The lowest BCUT2D eigenvalue weighted by atomic mass is 9.92. The molecule has 3 aromatic rings. The minimum atomic E-state index is -4.69. The maximum Gasteiger partial charge on any atom is 0.471 e. The Labute approximate surface area is 164 Å². The van der Waals surface area contributed by atoms with Crippen LogP contribution in [0, 0.1) is 0 Å². The zero-order chi connectivity index (χ0) is 20.6. The smallest absolute Gasteiger partial charge is 0.347 e. The summed E-state index contributed by atoms with van der Waals surface area (Å²) in [5.74, 6) is -1.51. The third-order valence-corrected chi connectivity index (χ3v) is 5.03. The van der Waals surface area contributed by atoms with Crippen molar-refractivity contribution in [3.8, 4) is 11.5 Å². The molecule has 0 spiro atoms. The second-order valence-electron chi connectivity index (χ2n) is 6.94. The number of carbonyl (C=O) groups excluding carboxylic acids is 1. The summed E-state index contributed by atoms with van der Waals surface area (Å²) in [7, 11) is 1.83. The quantitative estimate of drug-likeness (QED) is 0.667. The Morgan fingerprint density at radius 3 is 2.52 bits per heavy atom. The Hall–Kier alpha value is -3.17. The molecule has 1 fully saturated rings. The molecule has 4 rings (SSSR count). The number of aryl methyl sites for hydroxylation is 1. The van der Waals surface area contributed by atoms with Gasteiger partial charge in [0.15, 0.2) is 0 Å². The molecule has 1 aliphatic heterocycles. The summed E-state index contributed by atoms with van der Waals surface area (Å²) < 4.78 is 44.1. The average Bonchev–Trinajstić information content (AvgIpc) is 3.37. The second-order valence-corrected chi connectivity index (χ2v) is 6.94. The molecule has 152 valence electrons. The van der Waals surface area contributed by atoms with E-state index in [9.17, 15) is 18.0 Å². The number of alkyl halides is 3. The van der Waals surface area contributed by atoms with E-state index in [1.54, 1.807) is 22.8 Å². The van der Waals surface area contributed by atoms with Gasteiger partial charge < -0.3 is 14.0 Å². The summed E-state index contributed by atoms with van der Waals surface area (Å²) in [5, 5.41) is 3.39. The Balaban J connectivity index is 1.45. The van der Waals surface area contributed by atoms with Crippen LogP contribution in [0.1, 0.15) is 40.8 Å². The first kappa shape index (κ1) is 19.2. The number of pyridine rings is 1. The van der Waals surface area contributed by atoms with Gasteiger partial charge in [-0.3, -0.25) is 4.79 Å². The van der Waals surface area contributed by atoms with Crippen LogP contribution in [0.5, 0.6) is 0 Å². The number of rotatable bonds is 3. The van der Waals surface area contributed by atoms with E-state index in [0.717, 1.165) is 5.69 Å². The Bertz CT molecular complexity index is 1020. The SMILES string of the molecule is Cn1cccc1C(=O)N1CCC(c2cccc(-c3noc(C(F)(F)F)n3)n2)CC1. The first-order valence-electron chi connectivity index (χ1n) is 9.12. The molecule has 4 heterocycles. The predicted molar refractivity (Wildman–Crippen MR) is 95.8 cm³/mol. The number of halogens is 3. The number of carbonyl (C=O) groups is 1. The van der Waals surface area contributed by atoms with Crippen molar-refractivity contribution in [2.75, 3.05) is 13.1 Å². The molecule has 0 unspecified atom stereocenters. The Morgan fingerprint density at radius 1 is 1.14 bits per heavy atom. The van der Waals surface area contributed by atoms with Gasteiger partial charge in [-0.05, 0) is 37.1 Å². The number of amides is 1. The highest BCUT2D eigenvalue weighted by Gasteiger charge is 2.38. The molecule has 7 nitrogen and oxygen atoms in total. The average molecular weight is 405 g/mol. The first-order chi connectivity index (χ1) is 13.8. The van der Waals surface area contributed by atoms with Gasteiger partial charge in [-0.25, -0.2) is 4.98 Å². The largest absolute Gasteiger partial charge is 0.471 e. The summed E-state index contributed by atoms with van der Waals surface area (Å²) in [4.78, 5) is 22.3. The highest BCUT2D eigenvalue weighted by Crippen LogP contribution is 2.31. The molecule has 0 saturated carbocycles. The summed E-state index contributed by atoms with van der Waals surface area (Å²) >= 11 is 0. The fraction of sp³-hybridized carbons (Fsp3) is 0.368. The van der Waals surface area contributed by atoms with Gasteiger partial charge in [-0.2, -0.15) is 18.2 Å². The molecule has 0 aliphatic carbocycles. The van der Waals surface area contributed by atoms with E-state index < -0.39 is 12.1 Å². The highest BCUT2D eigenvalue weighted by atomic mass is 19.4. The van der Waals surface area contributed by atoms with Crippen molar-refractivity contribution in [3.63, 3.8) is 0 Å². The third kappa shape index (κ3) is 3.87. The minimum Gasteiger partial charge on any atom is -0.347 e. The van der Waals surface area contributed by atoms with Gasteiger partial charge in [0, 0.05) is 37.9 Å². The molecule has 0 N–H and O–H groups in total. The van der Waals surface area contributed by atoms with Crippen LogP contribution < -0.4 is 0 Å². The molecule has 1 aliphatic rings. The van der Waals surface area contributed by atoms with Crippen LogP contribution in [0.2, 0.25) is 0 Å². The molecular formula is C19H18F3N5O2. The summed E-state index contributed by atoms with van der Waals surface area (Å²) in [5.41, 5.74) is 1.61. The van der Waals surface area contributed by atoms with Gasteiger partial charge in [-0.1, -0.05) is 11.2 Å². The topological polar surface area (TPSA) is 77.0 Å². The summed E-state index contributed by atoms with van der Waals surface area (Å²) in [6.07, 6.45) is -1.43. The Kier molecular flexibility index (Phi) is 4.85. The first-order valence-corrected chi connectivity index (χ1v) is 9.12. The van der Waals surface area contributed by atoms with Crippen LogP contribution in [-0.4, -0.2) is 43.6 Å². The van der Waals surface area contributed by atoms with Gasteiger partial charge in [-0.15, -0.1) is 0 Å². The van der Waals surface area contributed by atoms with Gasteiger partial charge in [0.05, 0.1) is 0 Å². The normalized spacial score (nSPS) is 15.7. The van der Waals surface area contributed by atoms with Crippen molar-refractivity contribution in [2.24, 2.45) is 7.05 Å². The molecule has 0 bridgehead atoms. The summed E-state index contributed by atoms with van der Waals surface area (Å²) in [6, 6.07) is 8.70. The monoisotopic (exact) mass is 405 g/mol. The standard InChI is InChI=1S/C19H18F3N5O2/c1-26-9-3-6-15(26)17(28)27-10-7-12(8-11-27)13-4-2-5-14(23-13)16-24-18(29-25-16)19(20,21)22/h2-6,9,12H,7-8,10-11H2,1H3. The van der Waals surface area contributed by atoms with Crippen molar-refractivity contribution in [3.05, 3.63) is 53.8 Å². The zero-order valence-corrected chi connectivity index (χ0v) is 15.6. The molecule has 10 heteroatoms. The van der Waals surface area contributed by atoms with Crippen molar-refractivity contribution in [1.82, 2.24) is 24.6 Å². The summed E-state index contributed by atoms with van der Waals surface area (Å²) in [6.45, 7) is 1.17. The molecule has 0 radical (unpaired) electrons. The number of nitrogens with zero attached hydrogens (tertiary/aromatic N) is 5.